The van der Waals surface area contributed by atoms with Crippen LogP contribution in [0, 0.1) is 11.6 Å². The van der Waals surface area contributed by atoms with Crippen LogP contribution in [0.4, 0.5) is 13.6 Å². The number of carbonyl (C=O) groups is 1. The molecule has 2 rings (SSSR count). The monoisotopic (exact) mass is 335 g/mol. The van der Waals surface area contributed by atoms with Crippen molar-refractivity contribution in [1.29, 1.82) is 0 Å². The van der Waals surface area contributed by atoms with Gasteiger partial charge in [0.1, 0.15) is 11.6 Å². The van der Waals surface area contributed by atoms with E-state index in [1.807, 2.05) is 0 Å². The minimum absolute atomic E-state index is 0.0887. The molecular formula is C13H15F2NO5S. The highest BCUT2D eigenvalue weighted by Crippen LogP contribution is 2.33. The molecule has 0 aromatic heterocycles. The first-order chi connectivity index (χ1) is 10.0. The standard InChI is InChI=1S/C13H15F2NO5S/c1-13(2,3)21-12(17)16-11(7-20-22(16,18)19)8-4-5-9(14)10(15)6-8/h4-6,11H,7H2,1-3H3. The largest absolute Gasteiger partial charge is 0.443 e. The lowest BCUT2D eigenvalue weighted by atomic mass is 10.1. The van der Waals surface area contributed by atoms with Gasteiger partial charge in [0.25, 0.3) is 0 Å². The molecule has 1 heterocycles. The fourth-order valence-electron chi connectivity index (χ4n) is 1.91. The number of amides is 1. The van der Waals surface area contributed by atoms with Crippen molar-refractivity contribution in [2.75, 3.05) is 6.61 Å². The van der Waals surface area contributed by atoms with Crippen LogP contribution in [-0.2, 0) is 19.2 Å². The number of hydrogen-bond acceptors (Lipinski definition) is 5. The van der Waals surface area contributed by atoms with Crippen LogP contribution in [-0.4, -0.2) is 31.0 Å². The van der Waals surface area contributed by atoms with E-state index >= 15 is 0 Å². The third-order valence-corrected chi connectivity index (χ3v) is 4.12. The molecule has 1 saturated heterocycles. The van der Waals surface area contributed by atoms with Crippen LogP contribution in [0.2, 0.25) is 0 Å². The van der Waals surface area contributed by atoms with Crippen LogP contribution in [0.15, 0.2) is 18.2 Å². The lowest BCUT2D eigenvalue weighted by molar-refractivity contribution is 0.0356. The van der Waals surface area contributed by atoms with E-state index in [9.17, 15) is 22.0 Å². The highest BCUT2D eigenvalue weighted by atomic mass is 32.2. The van der Waals surface area contributed by atoms with Gasteiger partial charge in [-0.05, 0) is 38.5 Å². The first-order valence-corrected chi connectivity index (χ1v) is 7.74. The number of ether oxygens (including phenoxy) is 1. The second-order valence-electron chi connectivity index (χ2n) is 5.71. The molecule has 22 heavy (non-hydrogen) atoms. The van der Waals surface area contributed by atoms with E-state index < -0.39 is 46.3 Å². The zero-order valence-corrected chi connectivity index (χ0v) is 13.0. The van der Waals surface area contributed by atoms with Crippen LogP contribution in [0.5, 0.6) is 0 Å². The molecule has 6 nitrogen and oxygen atoms in total. The van der Waals surface area contributed by atoms with Crippen LogP contribution in [0.25, 0.3) is 0 Å². The normalized spacial score (nSPS) is 21.0. The maximum absolute atomic E-state index is 13.3. The van der Waals surface area contributed by atoms with Gasteiger partial charge in [-0.25, -0.2) is 13.6 Å². The predicted molar refractivity (Wildman–Crippen MR) is 72.0 cm³/mol. The lowest BCUT2D eigenvalue weighted by Crippen LogP contribution is -2.39. The van der Waals surface area contributed by atoms with Gasteiger partial charge in [-0.15, -0.1) is 0 Å². The molecule has 1 amide bonds. The van der Waals surface area contributed by atoms with E-state index in [0.29, 0.717) is 4.31 Å². The van der Waals surface area contributed by atoms with Crippen LogP contribution in [0.3, 0.4) is 0 Å². The summed E-state index contributed by atoms with van der Waals surface area (Å²) < 4.78 is 60.1. The van der Waals surface area contributed by atoms with Gasteiger partial charge < -0.3 is 4.74 Å². The molecule has 0 radical (unpaired) electrons. The smallest absolute Gasteiger partial charge is 0.426 e. The fraction of sp³-hybridized carbons (Fsp3) is 0.462. The van der Waals surface area contributed by atoms with Gasteiger partial charge in [-0.3, -0.25) is 4.18 Å². The molecule has 0 spiro atoms. The van der Waals surface area contributed by atoms with Crippen molar-refractivity contribution in [3.05, 3.63) is 35.4 Å². The number of carbonyl (C=O) groups excluding carboxylic acids is 1. The van der Waals surface area contributed by atoms with E-state index in [2.05, 4.69) is 4.18 Å². The molecule has 0 N–H and O–H groups in total. The number of nitrogens with zero attached hydrogens (tertiary/aromatic N) is 1. The van der Waals surface area contributed by atoms with Crippen molar-refractivity contribution in [2.24, 2.45) is 0 Å². The Morgan fingerprint density at radius 1 is 1.32 bits per heavy atom. The summed E-state index contributed by atoms with van der Waals surface area (Å²) in [6, 6.07) is 1.74. The second-order valence-corrected chi connectivity index (χ2v) is 7.19. The quantitative estimate of drug-likeness (QED) is 0.788. The summed E-state index contributed by atoms with van der Waals surface area (Å²) in [5.41, 5.74) is -0.834. The molecule has 1 aromatic rings. The average Bonchev–Trinajstić information content (AvgIpc) is 2.66. The van der Waals surface area contributed by atoms with E-state index in [-0.39, 0.29) is 5.56 Å². The summed E-state index contributed by atoms with van der Waals surface area (Å²) >= 11 is 0. The second kappa shape index (κ2) is 5.47. The van der Waals surface area contributed by atoms with Crippen molar-refractivity contribution in [2.45, 2.75) is 32.4 Å². The molecular weight excluding hydrogens is 320 g/mol. The van der Waals surface area contributed by atoms with Gasteiger partial charge in [0, 0.05) is 0 Å². The molecule has 1 aromatic carbocycles. The molecule has 0 aliphatic carbocycles. The van der Waals surface area contributed by atoms with Crippen molar-refractivity contribution in [3.8, 4) is 0 Å². The summed E-state index contributed by atoms with van der Waals surface area (Å²) in [6.45, 7) is 4.32. The highest BCUT2D eigenvalue weighted by Gasteiger charge is 2.45. The Balaban J connectivity index is 2.38. The maximum atomic E-state index is 13.3. The molecule has 122 valence electrons. The number of benzene rings is 1. The molecule has 1 aliphatic rings. The fourth-order valence-corrected chi connectivity index (χ4v) is 3.04. The minimum Gasteiger partial charge on any atom is -0.443 e. The topological polar surface area (TPSA) is 72.9 Å². The molecule has 9 heteroatoms. The minimum atomic E-state index is -4.34. The Labute approximate surface area is 126 Å². The van der Waals surface area contributed by atoms with Gasteiger partial charge in [-0.1, -0.05) is 6.07 Å². The zero-order chi connectivity index (χ0) is 16.7. The van der Waals surface area contributed by atoms with Crippen LogP contribution < -0.4 is 0 Å². The Morgan fingerprint density at radius 2 is 1.95 bits per heavy atom. The molecule has 1 atom stereocenters. The van der Waals surface area contributed by atoms with Crippen molar-refractivity contribution in [1.82, 2.24) is 4.31 Å². The van der Waals surface area contributed by atoms with Gasteiger partial charge >= 0.3 is 16.4 Å². The highest BCUT2D eigenvalue weighted by molar-refractivity contribution is 7.85. The summed E-state index contributed by atoms with van der Waals surface area (Å²) in [5.74, 6) is -2.22. The average molecular weight is 335 g/mol. The van der Waals surface area contributed by atoms with E-state index in [4.69, 9.17) is 4.74 Å². The molecule has 1 aliphatic heterocycles. The van der Waals surface area contributed by atoms with Gasteiger partial charge in [-0.2, -0.15) is 12.7 Å². The van der Waals surface area contributed by atoms with Gasteiger partial charge in [0.15, 0.2) is 11.6 Å². The zero-order valence-electron chi connectivity index (χ0n) is 12.2. The third kappa shape index (κ3) is 3.36. The van der Waals surface area contributed by atoms with E-state index in [1.54, 1.807) is 20.8 Å². The summed E-state index contributed by atoms with van der Waals surface area (Å²) in [4.78, 5) is 12.1. The summed E-state index contributed by atoms with van der Waals surface area (Å²) in [6.07, 6.45) is -1.14. The lowest BCUT2D eigenvalue weighted by Gasteiger charge is -2.26. The molecule has 0 bridgehead atoms. The van der Waals surface area contributed by atoms with E-state index in [0.717, 1.165) is 12.1 Å². The third-order valence-electron chi connectivity index (χ3n) is 2.80. The van der Waals surface area contributed by atoms with Gasteiger partial charge in [0.05, 0.1) is 6.61 Å². The Kier molecular flexibility index (Phi) is 4.14. The molecule has 0 saturated carbocycles. The summed E-state index contributed by atoms with van der Waals surface area (Å²) in [7, 11) is -4.34. The number of halogens is 2. The first kappa shape index (κ1) is 16.6. The Hall–Kier alpha value is -1.74. The van der Waals surface area contributed by atoms with Crippen molar-refractivity contribution in [3.63, 3.8) is 0 Å². The molecule has 1 fully saturated rings. The number of rotatable bonds is 1. The van der Waals surface area contributed by atoms with Crippen molar-refractivity contribution >= 4 is 16.4 Å². The summed E-state index contributed by atoms with van der Waals surface area (Å²) in [5, 5.41) is 0. The van der Waals surface area contributed by atoms with E-state index in [1.165, 1.54) is 6.07 Å². The predicted octanol–water partition coefficient (Wildman–Crippen LogP) is 2.52. The molecule has 1 unspecified atom stereocenters. The maximum Gasteiger partial charge on any atom is 0.426 e. The van der Waals surface area contributed by atoms with Crippen molar-refractivity contribution < 1.29 is 30.9 Å². The van der Waals surface area contributed by atoms with Crippen LogP contribution >= 0.6 is 0 Å². The number of hydrogen-bond donors (Lipinski definition) is 0. The Bertz CT molecular complexity index is 699. The van der Waals surface area contributed by atoms with Crippen LogP contribution in [0.1, 0.15) is 32.4 Å². The van der Waals surface area contributed by atoms with Gasteiger partial charge in [0.2, 0.25) is 0 Å². The Morgan fingerprint density at radius 3 is 2.50 bits per heavy atom. The first-order valence-electron chi connectivity index (χ1n) is 6.38. The SMILES string of the molecule is CC(C)(C)OC(=O)N1C(c2ccc(F)c(F)c2)COS1(=O)=O.